The number of nitriles is 1. The van der Waals surface area contributed by atoms with Gasteiger partial charge in [-0.15, -0.1) is 0 Å². The second-order valence-corrected chi connectivity index (χ2v) is 5.46. The highest BCUT2D eigenvalue weighted by atomic mass is 16.5. The molecule has 1 N–H and O–H groups in total. The highest BCUT2D eigenvalue weighted by Crippen LogP contribution is 2.40. The van der Waals surface area contributed by atoms with Crippen molar-refractivity contribution in [3.8, 4) is 6.07 Å². The quantitative estimate of drug-likeness (QED) is 0.801. The highest BCUT2D eigenvalue weighted by molar-refractivity contribution is 5.36. The third kappa shape index (κ3) is 2.02. The molecule has 0 spiro atoms. The van der Waals surface area contributed by atoms with Gasteiger partial charge in [0.05, 0.1) is 18.8 Å². The molecule has 2 atom stereocenters. The molecule has 1 aromatic heterocycles. The summed E-state index contributed by atoms with van der Waals surface area (Å²) in [4.78, 5) is 6.34. The molecule has 3 rings (SSSR count). The standard InChI is InChI=1S/C14H17N3O2/c1-17-10-5-14(18,6-11(17)9-19-8-10)12-3-2-4-16-13(12)7-15/h2-4,10-11,18H,5-6,8-9H2,1H3. The van der Waals surface area contributed by atoms with E-state index < -0.39 is 5.60 Å². The van der Waals surface area contributed by atoms with Crippen LogP contribution in [0.4, 0.5) is 0 Å². The van der Waals surface area contributed by atoms with Gasteiger partial charge >= 0.3 is 0 Å². The second kappa shape index (κ2) is 4.57. The molecule has 19 heavy (non-hydrogen) atoms. The van der Waals surface area contributed by atoms with Crippen molar-refractivity contribution in [1.29, 1.82) is 5.26 Å². The average Bonchev–Trinajstić information content (AvgIpc) is 2.41. The molecule has 0 radical (unpaired) electrons. The van der Waals surface area contributed by atoms with Crippen LogP contribution in [0.15, 0.2) is 18.3 Å². The molecule has 100 valence electrons. The topological polar surface area (TPSA) is 69.4 Å². The summed E-state index contributed by atoms with van der Waals surface area (Å²) in [5, 5.41) is 20.2. The van der Waals surface area contributed by atoms with Gasteiger partial charge in [0.1, 0.15) is 11.8 Å². The van der Waals surface area contributed by atoms with E-state index in [9.17, 15) is 5.11 Å². The zero-order chi connectivity index (χ0) is 13.5. The molecule has 3 heterocycles. The van der Waals surface area contributed by atoms with Crippen molar-refractivity contribution in [3.63, 3.8) is 0 Å². The third-order valence-corrected chi connectivity index (χ3v) is 4.33. The fourth-order valence-electron chi connectivity index (χ4n) is 3.23. The molecule has 2 saturated heterocycles. The molecule has 2 aliphatic rings. The summed E-state index contributed by atoms with van der Waals surface area (Å²) in [6.45, 7) is 1.27. The number of nitrogens with zero attached hydrogens (tertiary/aromatic N) is 3. The Labute approximate surface area is 112 Å². The Bertz CT molecular complexity index is 512. The summed E-state index contributed by atoms with van der Waals surface area (Å²) < 4.78 is 5.56. The fourth-order valence-corrected chi connectivity index (χ4v) is 3.23. The molecule has 2 unspecified atom stereocenters. The van der Waals surface area contributed by atoms with Gasteiger partial charge < -0.3 is 9.84 Å². The van der Waals surface area contributed by atoms with Crippen molar-refractivity contribution in [3.05, 3.63) is 29.6 Å². The summed E-state index contributed by atoms with van der Waals surface area (Å²) in [7, 11) is 2.08. The van der Waals surface area contributed by atoms with Crippen LogP contribution in [-0.2, 0) is 10.3 Å². The maximum absolute atomic E-state index is 11.0. The number of likely N-dealkylation sites (N-methyl/N-ethyl adjacent to an activating group) is 1. The minimum absolute atomic E-state index is 0.198. The zero-order valence-electron chi connectivity index (χ0n) is 10.9. The van der Waals surface area contributed by atoms with Crippen LogP contribution in [0.3, 0.4) is 0 Å². The third-order valence-electron chi connectivity index (χ3n) is 4.33. The minimum atomic E-state index is -0.967. The van der Waals surface area contributed by atoms with E-state index in [-0.39, 0.29) is 12.1 Å². The van der Waals surface area contributed by atoms with Crippen molar-refractivity contribution in [2.45, 2.75) is 30.5 Å². The zero-order valence-corrected chi connectivity index (χ0v) is 10.9. The van der Waals surface area contributed by atoms with Crippen LogP contribution in [-0.4, -0.2) is 47.3 Å². The van der Waals surface area contributed by atoms with Gasteiger partial charge in [-0.1, -0.05) is 6.07 Å². The number of hydrogen-bond donors (Lipinski definition) is 1. The predicted molar refractivity (Wildman–Crippen MR) is 68.2 cm³/mol. The first-order valence-corrected chi connectivity index (χ1v) is 6.52. The molecular weight excluding hydrogens is 242 g/mol. The van der Waals surface area contributed by atoms with Crippen LogP contribution in [0.5, 0.6) is 0 Å². The first-order chi connectivity index (χ1) is 9.14. The van der Waals surface area contributed by atoms with E-state index in [4.69, 9.17) is 10.00 Å². The van der Waals surface area contributed by atoms with Gasteiger partial charge in [-0.2, -0.15) is 5.26 Å². The minimum Gasteiger partial charge on any atom is -0.385 e. The molecule has 2 fully saturated rings. The Kier molecular flexibility index (Phi) is 3.02. The number of aromatic nitrogens is 1. The Morgan fingerprint density at radius 1 is 1.47 bits per heavy atom. The van der Waals surface area contributed by atoms with Crippen LogP contribution in [0.25, 0.3) is 0 Å². The molecule has 2 bridgehead atoms. The maximum Gasteiger partial charge on any atom is 0.146 e. The Morgan fingerprint density at radius 3 is 2.79 bits per heavy atom. The lowest BCUT2D eigenvalue weighted by molar-refractivity contribution is -0.138. The van der Waals surface area contributed by atoms with Gasteiger partial charge in [0.25, 0.3) is 0 Å². The summed E-state index contributed by atoms with van der Waals surface area (Å²) in [5.74, 6) is 0. The Morgan fingerprint density at radius 2 is 2.16 bits per heavy atom. The lowest BCUT2D eigenvalue weighted by atomic mass is 9.76. The van der Waals surface area contributed by atoms with E-state index in [0.29, 0.717) is 37.3 Å². The van der Waals surface area contributed by atoms with Gasteiger partial charge in [-0.25, -0.2) is 4.98 Å². The number of hydrogen-bond acceptors (Lipinski definition) is 5. The predicted octanol–water partition coefficient (Wildman–Crippen LogP) is 0.634. The Balaban J connectivity index is 1.98. The summed E-state index contributed by atoms with van der Waals surface area (Å²) in [6, 6.07) is 6.07. The largest absolute Gasteiger partial charge is 0.385 e. The van der Waals surface area contributed by atoms with Crippen LogP contribution >= 0.6 is 0 Å². The monoisotopic (exact) mass is 259 g/mol. The average molecular weight is 259 g/mol. The van der Waals surface area contributed by atoms with Gasteiger partial charge in [-0.3, -0.25) is 4.90 Å². The lowest BCUT2D eigenvalue weighted by Crippen LogP contribution is -2.59. The number of rotatable bonds is 1. The van der Waals surface area contributed by atoms with E-state index in [1.165, 1.54) is 0 Å². The summed E-state index contributed by atoms with van der Waals surface area (Å²) in [5.41, 5.74) is 0.0151. The number of piperidine rings is 1. The molecule has 5 heteroatoms. The van der Waals surface area contributed by atoms with E-state index in [2.05, 4.69) is 23.0 Å². The fraction of sp³-hybridized carbons (Fsp3) is 0.571. The SMILES string of the molecule is CN1C2COCC1CC(O)(c1cccnc1C#N)C2. The number of aliphatic hydroxyl groups is 1. The smallest absolute Gasteiger partial charge is 0.146 e. The number of fused-ring (bicyclic) bond motifs is 2. The molecule has 0 amide bonds. The first-order valence-electron chi connectivity index (χ1n) is 6.52. The van der Waals surface area contributed by atoms with Crippen LogP contribution in [0.1, 0.15) is 24.1 Å². The molecule has 0 aliphatic carbocycles. The molecule has 1 aromatic rings. The van der Waals surface area contributed by atoms with Crippen molar-refractivity contribution >= 4 is 0 Å². The molecule has 2 aliphatic heterocycles. The van der Waals surface area contributed by atoms with Crippen molar-refractivity contribution < 1.29 is 9.84 Å². The van der Waals surface area contributed by atoms with Crippen LogP contribution < -0.4 is 0 Å². The van der Waals surface area contributed by atoms with E-state index in [1.54, 1.807) is 12.3 Å². The van der Waals surface area contributed by atoms with Crippen molar-refractivity contribution in [2.75, 3.05) is 20.3 Å². The Hall–Kier alpha value is -1.48. The number of ether oxygens (including phenoxy) is 1. The van der Waals surface area contributed by atoms with E-state index >= 15 is 0 Å². The number of pyridine rings is 1. The second-order valence-electron chi connectivity index (χ2n) is 5.46. The summed E-state index contributed by atoms with van der Waals surface area (Å²) in [6.07, 6.45) is 2.76. The van der Waals surface area contributed by atoms with Crippen molar-refractivity contribution in [2.24, 2.45) is 0 Å². The van der Waals surface area contributed by atoms with Gasteiger partial charge in [0.15, 0.2) is 0 Å². The molecule has 0 aromatic carbocycles. The van der Waals surface area contributed by atoms with E-state index in [1.807, 2.05) is 6.07 Å². The first kappa shape index (κ1) is 12.5. The van der Waals surface area contributed by atoms with E-state index in [0.717, 1.165) is 0 Å². The molecular formula is C14H17N3O2. The van der Waals surface area contributed by atoms with Crippen molar-refractivity contribution in [1.82, 2.24) is 9.88 Å². The molecule has 5 nitrogen and oxygen atoms in total. The van der Waals surface area contributed by atoms with Crippen LogP contribution in [0.2, 0.25) is 0 Å². The van der Waals surface area contributed by atoms with Gasteiger partial charge in [0.2, 0.25) is 0 Å². The van der Waals surface area contributed by atoms with Crippen LogP contribution in [0, 0.1) is 11.3 Å². The molecule has 0 saturated carbocycles. The maximum atomic E-state index is 11.0. The normalized spacial score (nSPS) is 34.8. The van der Waals surface area contributed by atoms with Gasteiger partial charge in [-0.05, 0) is 26.0 Å². The van der Waals surface area contributed by atoms with Gasteiger partial charge in [0, 0.05) is 23.8 Å². The number of morpholine rings is 1. The highest BCUT2D eigenvalue weighted by Gasteiger charge is 2.46. The summed E-state index contributed by atoms with van der Waals surface area (Å²) >= 11 is 0. The lowest BCUT2D eigenvalue weighted by Gasteiger charge is -2.50.